The van der Waals surface area contributed by atoms with Crippen molar-refractivity contribution >= 4 is 11.6 Å². The third kappa shape index (κ3) is 3.55. The van der Waals surface area contributed by atoms with Crippen molar-refractivity contribution in [3.63, 3.8) is 0 Å². The number of benzene rings is 2. The van der Waals surface area contributed by atoms with Crippen LogP contribution < -0.4 is 14.4 Å². The van der Waals surface area contributed by atoms with Gasteiger partial charge < -0.3 is 14.4 Å². The van der Waals surface area contributed by atoms with Crippen LogP contribution in [0.15, 0.2) is 36.4 Å². The Hall–Kier alpha value is -2.49. The number of methoxy groups -OCH3 is 2. The quantitative estimate of drug-likeness (QED) is 0.782. The molecule has 0 spiro atoms. The van der Waals surface area contributed by atoms with E-state index in [1.807, 2.05) is 23.1 Å². The number of para-hydroxylation sites is 2. The van der Waals surface area contributed by atoms with Crippen molar-refractivity contribution in [2.45, 2.75) is 39.0 Å². The van der Waals surface area contributed by atoms with E-state index >= 15 is 0 Å². The van der Waals surface area contributed by atoms with Crippen molar-refractivity contribution in [2.75, 3.05) is 25.7 Å². The Balaban J connectivity index is 1.79. The number of aryl methyl sites for hydroxylation is 3. The zero-order chi connectivity index (χ0) is 18.5. The first-order chi connectivity index (χ1) is 12.7. The Morgan fingerprint density at radius 3 is 2.58 bits per heavy atom. The first kappa shape index (κ1) is 18.3. The lowest BCUT2D eigenvalue weighted by atomic mass is 9.96. The molecular weight excluding hydrogens is 326 g/mol. The van der Waals surface area contributed by atoms with Gasteiger partial charge in [-0.25, -0.2) is 0 Å². The Morgan fingerprint density at radius 1 is 1.08 bits per heavy atom. The van der Waals surface area contributed by atoms with E-state index in [1.54, 1.807) is 14.2 Å². The molecule has 1 aliphatic heterocycles. The summed E-state index contributed by atoms with van der Waals surface area (Å²) in [6.07, 6.45) is 4.11. The molecule has 0 N–H and O–H groups in total. The molecule has 4 nitrogen and oxygen atoms in total. The molecule has 0 saturated carbocycles. The van der Waals surface area contributed by atoms with Gasteiger partial charge in [-0.2, -0.15) is 0 Å². The average Bonchev–Trinajstić information content (AvgIpc) is 2.70. The second kappa shape index (κ2) is 8.26. The molecule has 0 saturated heterocycles. The Morgan fingerprint density at radius 2 is 1.85 bits per heavy atom. The molecule has 26 heavy (non-hydrogen) atoms. The lowest BCUT2D eigenvalue weighted by Crippen LogP contribution is -2.36. The average molecular weight is 353 g/mol. The van der Waals surface area contributed by atoms with Gasteiger partial charge in [0.1, 0.15) is 0 Å². The Kier molecular flexibility index (Phi) is 5.82. The first-order valence-corrected chi connectivity index (χ1v) is 9.30. The van der Waals surface area contributed by atoms with Crippen molar-refractivity contribution in [1.29, 1.82) is 0 Å². The number of fused-ring (bicyclic) bond motifs is 1. The third-order valence-corrected chi connectivity index (χ3v) is 5.08. The van der Waals surface area contributed by atoms with E-state index in [2.05, 4.69) is 25.1 Å². The van der Waals surface area contributed by atoms with Crippen LogP contribution in [-0.4, -0.2) is 26.7 Å². The van der Waals surface area contributed by atoms with Gasteiger partial charge in [0.05, 0.1) is 14.2 Å². The van der Waals surface area contributed by atoms with Crippen LogP contribution in [0.3, 0.4) is 0 Å². The summed E-state index contributed by atoms with van der Waals surface area (Å²) >= 11 is 0. The minimum Gasteiger partial charge on any atom is -0.493 e. The largest absolute Gasteiger partial charge is 0.493 e. The zero-order valence-corrected chi connectivity index (χ0v) is 15.9. The number of ether oxygens (including phenoxy) is 2. The van der Waals surface area contributed by atoms with E-state index in [4.69, 9.17) is 9.47 Å². The summed E-state index contributed by atoms with van der Waals surface area (Å²) in [4.78, 5) is 15.0. The van der Waals surface area contributed by atoms with Crippen molar-refractivity contribution in [3.8, 4) is 11.5 Å². The first-order valence-electron chi connectivity index (χ1n) is 9.30. The number of amides is 1. The fourth-order valence-corrected chi connectivity index (χ4v) is 3.79. The predicted molar refractivity (Wildman–Crippen MR) is 104 cm³/mol. The molecule has 0 radical (unpaired) electrons. The van der Waals surface area contributed by atoms with Crippen molar-refractivity contribution in [2.24, 2.45) is 0 Å². The molecule has 2 aromatic carbocycles. The number of anilines is 1. The molecule has 138 valence electrons. The standard InChI is InChI=1S/C22H27NO3/c1-4-16-8-5-9-17-11-7-15-23(21(16)17)20(24)14-13-18-10-6-12-19(25-2)22(18)26-3/h5-6,8-10,12H,4,7,11,13-15H2,1-3H3. The highest BCUT2D eigenvalue weighted by Gasteiger charge is 2.24. The molecular formula is C22H27NO3. The number of hydrogen-bond donors (Lipinski definition) is 0. The fraction of sp³-hybridized carbons (Fsp3) is 0.409. The highest BCUT2D eigenvalue weighted by Crippen LogP contribution is 2.34. The molecule has 0 unspecified atom stereocenters. The smallest absolute Gasteiger partial charge is 0.227 e. The highest BCUT2D eigenvalue weighted by atomic mass is 16.5. The van der Waals surface area contributed by atoms with Gasteiger partial charge in [0.2, 0.25) is 5.91 Å². The van der Waals surface area contributed by atoms with Crippen molar-refractivity contribution in [1.82, 2.24) is 0 Å². The van der Waals surface area contributed by atoms with Gasteiger partial charge in [0.25, 0.3) is 0 Å². The van der Waals surface area contributed by atoms with Gasteiger partial charge in [-0.3, -0.25) is 4.79 Å². The van der Waals surface area contributed by atoms with Crippen LogP contribution in [0.4, 0.5) is 5.69 Å². The minimum absolute atomic E-state index is 0.178. The van der Waals surface area contributed by atoms with E-state index in [1.165, 1.54) is 11.1 Å². The summed E-state index contributed by atoms with van der Waals surface area (Å²) < 4.78 is 10.8. The van der Waals surface area contributed by atoms with Gasteiger partial charge >= 0.3 is 0 Å². The molecule has 1 heterocycles. The number of hydrogen-bond acceptors (Lipinski definition) is 3. The van der Waals surface area contributed by atoms with Crippen LogP contribution in [0.25, 0.3) is 0 Å². The van der Waals surface area contributed by atoms with Crippen LogP contribution in [0.2, 0.25) is 0 Å². The summed E-state index contributed by atoms with van der Waals surface area (Å²) in [7, 11) is 3.27. The van der Waals surface area contributed by atoms with Gasteiger partial charge in [-0.15, -0.1) is 0 Å². The Bertz CT molecular complexity index is 771. The fourth-order valence-electron chi connectivity index (χ4n) is 3.79. The number of carbonyl (C=O) groups excluding carboxylic acids is 1. The number of carbonyl (C=O) groups is 1. The van der Waals surface area contributed by atoms with Gasteiger partial charge in [-0.1, -0.05) is 37.3 Å². The maximum absolute atomic E-state index is 13.0. The second-order valence-corrected chi connectivity index (χ2v) is 6.58. The van der Waals surface area contributed by atoms with Crippen LogP contribution >= 0.6 is 0 Å². The Labute approximate surface area is 155 Å². The molecule has 4 heteroatoms. The molecule has 0 atom stereocenters. The lowest BCUT2D eigenvalue weighted by Gasteiger charge is -2.31. The summed E-state index contributed by atoms with van der Waals surface area (Å²) in [5.41, 5.74) is 4.70. The summed E-state index contributed by atoms with van der Waals surface area (Å²) in [6, 6.07) is 12.2. The summed E-state index contributed by atoms with van der Waals surface area (Å²) in [5.74, 6) is 1.60. The monoisotopic (exact) mass is 353 g/mol. The van der Waals surface area contributed by atoms with Crippen molar-refractivity contribution < 1.29 is 14.3 Å². The SMILES string of the molecule is CCc1cccc2c1N(C(=O)CCc1cccc(OC)c1OC)CCC2. The normalized spacial score (nSPS) is 13.3. The molecule has 0 aromatic heterocycles. The van der Waals surface area contributed by atoms with Crippen LogP contribution in [0.5, 0.6) is 11.5 Å². The van der Waals surface area contributed by atoms with Crippen molar-refractivity contribution in [3.05, 3.63) is 53.1 Å². The summed E-state index contributed by atoms with van der Waals surface area (Å²) in [5, 5.41) is 0. The lowest BCUT2D eigenvalue weighted by molar-refractivity contribution is -0.118. The van der Waals surface area contributed by atoms with E-state index in [0.29, 0.717) is 18.6 Å². The van der Waals surface area contributed by atoms with Crippen LogP contribution in [0, 0.1) is 0 Å². The van der Waals surface area contributed by atoms with Crippen LogP contribution in [0.1, 0.15) is 36.5 Å². The number of nitrogens with zero attached hydrogens (tertiary/aromatic N) is 1. The molecule has 1 aliphatic rings. The second-order valence-electron chi connectivity index (χ2n) is 6.58. The molecule has 2 aromatic rings. The predicted octanol–water partition coefficient (Wildman–Crippen LogP) is 4.18. The van der Waals surface area contributed by atoms with E-state index in [9.17, 15) is 4.79 Å². The maximum Gasteiger partial charge on any atom is 0.227 e. The molecule has 1 amide bonds. The third-order valence-electron chi connectivity index (χ3n) is 5.08. The maximum atomic E-state index is 13.0. The van der Waals surface area contributed by atoms with Gasteiger partial charge in [-0.05, 0) is 48.4 Å². The molecule has 3 rings (SSSR count). The van der Waals surface area contributed by atoms with E-state index in [0.717, 1.165) is 42.8 Å². The van der Waals surface area contributed by atoms with Crippen LogP contribution in [-0.2, 0) is 24.1 Å². The summed E-state index contributed by atoms with van der Waals surface area (Å²) in [6.45, 7) is 2.95. The van der Waals surface area contributed by atoms with Gasteiger partial charge in [0, 0.05) is 18.7 Å². The van der Waals surface area contributed by atoms with E-state index in [-0.39, 0.29) is 5.91 Å². The minimum atomic E-state index is 0.178. The molecule has 0 bridgehead atoms. The topological polar surface area (TPSA) is 38.8 Å². The van der Waals surface area contributed by atoms with Gasteiger partial charge in [0.15, 0.2) is 11.5 Å². The van der Waals surface area contributed by atoms with E-state index < -0.39 is 0 Å². The highest BCUT2D eigenvalue weighted by molar-refractivity contribution is 5.95. The molecule has 0 aliphatic carbocycles. The molecule has 0 fully saturated rings. The zero-order valence-electron chi connectivity index (χ0n) is 15.9. The number of rotatable bonds is 6.